The van der Waals surface area contributed by atoms with Crippen molar-refractivity contribution in [2.45, 2.75) is 37.7 Å². The largest absolute Gasteiger partial charge is 0.385 e. The molecule has 0 bridgehead atoms. The lowest BCUT2D eigenvalue weighted by atomic mass is 9.83. The second-order valence-electron chi connectivity index (χ2n) is 5.85. The van der Waals surface area contributed by atoms with Crippen molar-refractivity contribution >= 4 is 0 Å². The monoisotopic (exact) mass is 288 g/mol. The van der Waals surface area contributed by atoms with Gasteiger partial charge in [-0.15, -0.1) is 0 Å². The Kier molecular flexibility index (Phi) is 3.77. The zero-order valence-electron chi connectivity index (χ0n) is 11.8. The summed E-state index contributed by atoms with van der Waals surface area (Å²) in [5.41, 5.74) is 1.47. The van der Waals surface area contributed by atoms with E-state index in [0.29, 0.717) is 12.0 Å². The maximum Gasteiger partial charge on any atom is 0.126 e. The number of fused-ring (bicyclic) bond motifs is 1. The Hall–Kier alpha value is -1.74. The second-order valence-corrected chi connectivity index (χ2v) is 5.85. The molecular weight excluding hydrogens is 270 g/mol. The van der Waals surface area contributed by atoms with Gasteiger partial charge >= 0.3 is 0 Å². The van der Waals surface area contributed by atoms with Crippen molar-refractivity contribution in [1.82, 2.24) is 0 Å². The molecule has 1 unspecified atom stereocenters. The van der Waals surface area contributed by atoms with Gasteiger partial charge in [-0.05, 0) is 54.5 Å². The van der Waals surface area contributed by atoms with Crippen LogP contribution in [0.5, 0.6) is 0 Å². The molecule has 2 aromatic rings. The van der Waals surface area contributed by atoms with E-state index in [0.717, 1.165) is 36.5 Å². The molecule has 3 heteroatoms. The molecule has 0 fully saturated rings. The predicted octanol–water partition coefficient (Wildman–Crippen LogP) is 4.12. The molecule has 1 nitrogen and oxygen atoms in total. The van der Waals surface area contributed by atoms with Gasteiger partial charge in [0, 0.05) is 12.5 Å². The van der Waals surface area contributed by atoms with Crippen LogP contribution in [-0.2, 0) is 18.4 Å². The highest BCUT2D eigenvalue weighted by molar-refractivity contribution is 5.35. The summed E-state index contributed by atoms with van der Waals surface area (Å²) < 4.78 is 26.7. The predicted molar refractivity (Wildman–Crippen MR) is 78.0 cm³/mol. The third-order valence-electron chi connectivity index (χ3n) is 4.22. The SMILES string of the molecule is OC1(Cc2cc(F)cc(F)c2)CCCCc2ccccc21. The normalized spacial score (nSPS) is 21.7. The lowest BCUT2D eigenvalue weighted by Gasteiger charge is -2.29. The molecule has 2 aromatic carbocycles. The average Bonchev–Trinajstić information content (AvgIpc) is 2.58. The number of halogens is 2. The molecular formula is C18H18F2O. The first-order valence-electron chi connectivity index (χ1n) is 7.33. The molecule has 0 aromatic heterocycles. The fraction of sp³-hybridized carbons (Fsp3) is 0.333. The van der Waals surface area contributed by atoms with Gasteiger partial charge in [-0.3, -0.25) is 0 Å². The maximum atomic E-state index is 13.4. The fourth-order valence-corrected chi connectivity index (χ4v) is 3.29. The van der Waals surface area contributed by atoms with E-state index in [9.17, 15) is 13.9 Å². The van der Waals surface area contributed by atoms with Gasteiger partial charge in [0.2, 0.25) is 0 Å². The quantitative estimate of drug-likeness (QED) is 0.824. The van der Waals surface area contributed by atoms with Gasteiger partial charge in [0.05, 0.1) is 5.60 Å². The Morgan fingerprint density at radius 2 is 1.71 bits per heavy atom. The van der Waals surface area contributed by atoms with Crippen LogP contribution in [0.4, 0.5) is 8.78 Å². The molecule has 0 saturated heterocycles. The van der Waals surface area contributed by atoms with Gasteiger partial charge in [0.1, 0.15) is 11.6 Å². The molecule has 0 heterocycles. The Balaban J connectivity index is 1.99. The van der Waals surface area contributed by atoms with Gasteiger partial charge in [-0.2, -0.15) is 0 Å². The highest BCUT2D eigenvalue weighted by Crippen LogP contribution is 2.37. The van der Waals surface area contributed by atoms with E-state index >= 15 is 0 Å². The van der Waals surface area contributed by atoms with Crippen LogP contribution < -0.4 is 0 Å². The van der Waals surface area contributed by atoms with Crippen LogP contribution >= 0.6 is 0 Å². The molecule has 0 amide bonds. The molecule has 1 atom stereocenters. The second kappa shape index (κ2) is 5.57. The van der Waals surface area contributed by atoms with Crippen molar-refractivity contribution in [2.75, 3.05) is 0 Å². The van der Waals surface area contributed by atoms with Gasteiger partial charge in [-0.25, -0.2) is 8.78 Å². The number of benzene rings is 2. The van der Waals surface area contributed by atoms with Gasteiger partial charge in [-0.1, -0.05) is 24.3 Å². The molecule has 1 aliphatic carbocycles. The first-order chi connectivity index (χ1) is 10.1. The van der Waals surface area contributed by atoms with E-state index in [1.54, 1.807) is 0 Å². The summed E-state index contributed by atoms with van der Waals surface area (Å²) in [5, 5.41) is 11.1. The van der Waals surface area contributed by atoms with E-state index in [4.69, 9.17) is 0 Å². The third-order valence-corrected chi connectivity index (χ3v) is 4.22. The Bertz CT molecular complexity index is 633. The highest BCUT2D eigenvalue weighted by Gasteiger charge is 2.33. The molecule has 1 N–H and O–H groups in total. The highest BCUT2D eigenvalue weighted by atomic mass is 19.1. The minimum Gasteiger partial charge on any atom is -0.385 e. The van der Waals surface area contributed by atoms with Crippen LogP contribution in [0.25, 0.3) is 0 Å². The van der Waals surface area contributed by atoms with Crippen molar-refractivity contribution in [3.63, 3.8) is 0 Å². The smallest absolute Gasteiger partial charge is 0.126 e. The summed E-state index contributed by atoms with van der Waals surface area (Å²) in [5.74, 6) is -1.20. The van der Waals surface area contributed by atoms with E-state index < -0.39 is 17.2 Å². The zero-order valence-corrected chi connectivity index (χ0v) is 11.8. The standard InChI is InChI=1S/C18H18F2O/c19-15-9-13(10-16(20)11-15)12-18(21)8-4-3-6-14-5-1-2-7-17(14)18/h1-2,5,7,9-11,21H,3-4,6,8,12H2. The Morgan fingerprint density at radius 3 is 2.48 bits per heavy atom. The lowest BCUT2D eigenvalue weighted by Crippen LogP contribution is -2.29. The summed E-state index contributed by atoms with van der Waals surface area (Å²) in [4.78, 5) is 0. The Labute approximate surface area is 123 Å². The minimum absolute atomic E-state index is 0.235. The van der Waals surface area contributed by atoms with Crippen molar-refractivity contribution in [3.05, 3.63) is 70.8 Å². The lowest BCUT2D eigenvalue weighted by molar-refractivity contribution is 0.0271. The zero-order chi connectivity index (χ0) is 14.9. The number of hydrogen-bond donors (Lipinski definition) is 1. The van der Waals surface area contributed by atoms with Crippen LogP contribution in [0, 0.1) is 11.6 Å². The summed E-state index contributed by atoms with van der Waals surface area (Å²) in [6.07, 6.45) is 3.72. The van der Waals surface area contributed by atoms with Crippen molar-refractivity contribution < 1.29 is 13.9 Å². The Morgan fingerprint density at radius 1 is 1.00 bits per heavy atom. The molecule has 21 heavy (non-hydrogen) atoms. The van der Waals surface area contributed by atoms with Crippen molar-refractivity contribution in [1.29, 1.82) is 0 Å². The van der Waals surface area contributed by atoms with Crippen molar-refractivity contribution in [3.8, 4) is 0 Å². The molecule has 0 spiro atoms. The molecule has 0 radical (unpaired) electrons. The van der Waals surface area contributed by atoms with E-state index in [-0.39, 0.29) is 6.42 Å². The van der Waals surface area contributed by atoms with E-state index in [1.165, 1.54) is 12.1 Å². The maximum absolute atomic E-state index is 13.4. The number of aryl methyl sites for hydroxylation is 1. The molecule has 110 valence electrons. The first kappa shape index (κ1) is 14.2. The molecule has 0 saturated carbocycles. The summed E-state index contributed by atoms with van der Waals surface area (Å²) in [6.45, 7) is 0. The van der Waals surface area contributed by atoms with Gasteiger partial charge in [0.15, 0.2) is 0 Å². The van der Waals surface area contributed by atoms with E-state index in [2.05, 4.69) is 0 Å². The summed E-state index contributed by atoms with van der Waals surface area (Å²) >= 11 is 0. The topological polar surface area (TPSA) is 20.2 Å². The number of aliphatic hydroxyl groups is 1. The number of hydrogen-bond acceptors (Lipinski definition) is 1. The minimum atomic E-state index is -1.05. The molecule has 0 aliphatic heterocycles. The van der Waals surface area contributed by atoms with E-state index in [1.807, 2.05) is 24.3 Å². The molecule has 1 aliphatic rings. The van der Waals surface area contributed by atoms with Gasteiger partial charge < -0.3 is 5.11 Å². The van der Waals surface area contributed by atoms with Crippen LogP contribution in [0.15, 0.2) is 42.5 Å². The summed E-state index contributed by atoms with van der Waals surface area (Å²) in [7, 11) is 0. The third kappa shape index (κ3) is 2.98. The first-order valence-corrected chi connectivity index (χ1v) is 7.33. The number of rotatable bonds is 2. The van der Waals surface area contributed by atoms with Crippen LogP contribution in [0.2, 0.25) is 0 Å². The van der Waals surface area contributed by atoms with Crippen LogP contribution in [0.1, 0.15) is 36.0 Å². The van der Waals surface area contributed by atoms with Gasteiger partial charge in [0.25, 0.3) is 0 Å². The fourth-order valence-electron chi connectivity index (χ4n) is 3.29. The van der Waals surface area contributed by atoms with Crippen LogP contribution in [-0.4, -0.2) is 5.11 Å². The van der Waals surface area contributed by atoms with Crippen molar-refractivity contribution in [2.24, 2.45) is 0 Å². The summed E-state index contributed by atoms with van der Waals surface area (Å²) in [6, 6.07) is 11.3. The van der Waals surface area contributed by atoms with Crippen LogP contribution in [0.3, 0.4) is 0 Å². The molecule has 3 rings (SSSR count). The average molecular weight is 288 g/mol.